The minimum atomic E-state index is -0.252. The Bertz CT molecular complexity index is 407. The van der Waals surface area contributed by atoms with E-state index >= 15 is 0 Å². The summed E-state index contributed by atoms with van der Waals surface area (Å²) in [6, 6.07) is 3.90. The fraction of sp³-hybridized carbons (Fsp3) is 0.571. The second kappa shape index (κ2) is 6.50. The predicted octanol–water partition coefficient (Wildman–Crippen LogP) is 3.10. The molecule has 0 spiro atoms. The minimum Gasteiger partial charge on any atom is -0.380 e. The Balaban J connectivity index is 1.67. The molecular formula is C14H19ClFNO. The van der Waals surface area contributed by atoms with Crippen LogP contribution in [0.3, 0.4) is 0 Å². The average Bonchev–Trinajstić information content (AvgIpc) is 3.13. The summed E-state index contributed by atoms with van der Waals surface area (Å²) < 4.78 is 18.7. The summed E-state index contributed by atoms with van der Waals surface area (Å²) in [7, 11) is 0. The zero-order chi connectivity index (χ0) is 13.0. The Morgan fingerprint density at radius 1 is 1.39 bits per heavy atom. The molecule has 18 heavy (non-hydrogen) atoms. The summed E-state index contributed by atoms with van der Waals surface area (Å²) in [5.74, 6) is -0.252. The summed E-state index contributed by atoms with van der Waals surface area (Å²) in [4.78, 5) is 0. The number of hydrogen-bond donors (Lipinski definition) is 1. The van der Waals surface area contributed by atoms with Gasteiger partial charge in [-0.2, -0.15) is 0 Å². The van der Waals surface area contributed by atoms with Crippen molar-refractivity contribution in [2.45, 2.75) is 32.2 Å². The number of aryl methyl sites for hydroxylation is 1. The molecule has 1 aromatic carbocycles. The van der Waals surface area contributed by atoms with Crippen molar-refractivity contribution < 1.29 is 9.13 Å². The van der Waals surface area contributed by atoms with Gasteiger partial charge in [0.05, 0.1) is 13.2 Å². The smallest absolute Gasteiger partial charge is 0.127 e. The molecule has 0 heterocycles. The van der Waals surface area contributed by atoms with Gasteiger partial charge in [-0.1, -0.05) is 17.7 Å². The zero-order valence-electron chi connectivity index (χ0n) is 10.6. The molecule has 0 aliphatic heterocycles. The van der Waals surface area contributed by atoms with Crippen molar-refractivity contribution in [2.75, 3.05) is 19.8 Å². The first kappa shape index (κ1) is 13.8. The van der Waals surface area contributed by atoms with Crippen molar-refractivity contribution in [3.8, 4) is 0 Å². The topological polar surface area (TPSA) is 21.3 Å². The van der Waals surface area contributed by atoms with E-state index in [9.17, 15) is 4.39 Å². The Hall–Kier alpha value is -0.640. The summed E-state index contributed by atoms with van der Waals surface area (Å²) >= 11 is 5.98. The van der Waals surface area contributed by atoms with Crippen molar-refractivity contribution in [1.29, 1.82) is 0 Å². The van der Waals surface area contributed by atoms with Crippen LogP contribution in [-0.2, 0) is 11.2 Å². The monoisotopic (exact) mass is 271 g/mol. The number of rotatable bonds is 7. The fourth-order valence-electron chi connectivity index (χ4n) is 1.82. The van der Waals surface area contributed by atoms with E-state index < -0.39 is 0 Å². The van der Waals surface area contributed by atoms with Crippen LogP contribution in [0.2, 0.25) is 5.02 Å². The first-order valence-electron chi connectivity index (χ1n) is 6.42. The van der Waals surface area contributed by atoms with Crippen LogP contribution in [0.25, 0.3) is 0 Å². The lowest BCUT2D eigenvalue weighted by Crippen LogP contribution is -2.22. The lowest BCUT2D eigenvalue weighted by molar-refractivity contribution is 0.138. The molecule has 2 rings (SSSR count). The fourth-order valence-corrected chi connectivity index (χ4v) is 2.06. The van der Waals surface area contributed by atoms with Crippen LogP contribution in [0.5, 0.6) is 0 Å². The average molecular weight is 272 g/mol. The number of ether oxygens (including phenoxy) is 1. The third-order valence-electron chi connectivity index (χ3n) is 3.10. The summed E-state index contributed by atoms with van der Waals surface area (Å²) in [6.45, 7) is 3.99. The molecule has 0 atom stereocenters. The molecule has 1 aromatic rings. The van der Waals surface area contributed by atoms with Gasteiger partial charge in [0.25, 0.3) is 0 Å². The maximum Gasteiger partial charge on any atom is 0.127 e. The lowest BCUT2D eigenvalue weighted by atomic mass is 10.1. The quantitative estimate of drug-likeness (QED) is 0.770. The van der Waals surface area contributed by atoms with Gasteiger partial charge in [0.2, 0.25) is 0 Å². The van der Waals surface area contributed by atoms with Crippen LogP contribution in [0.1, 0.15) is 24.0 Å². The number of nitrogens with one attached hydrogen (secondary N) is 1. The van der Waals surface area contributed by atoms with E-state index in [1.807, 2.05) is 0 Å². The molecule has 0 amide bonds. The molecular weight excluding hydrogens is 253 g/mol. The van der Waals surface area contributed by atoms with Crippen LogP contribution in [-0.4, -0.2) is 25.8 Å². The van der Waals surface area contributed by atoms with Crippen LogP contribution in [0, 0.1) is 12.7 Å². The number of benzene rings is 1. The predicted molar refractivity (Wildman–Crippen MR) is 71.7 cm³/mol. The SMILES string of the molecule is Cc1cc(CCOCCNC2CC2)c(Cl)cc1F. The Labute approximate surface area is 112 Å². The van der Waals surface area contributed by atoms with Gasteiger partial charge in [0, 0.05) is 17.6 Å². The van der Waals surface area contributed by atoms with E-state index in [4.69, 9.17) is 16.3 Å². The van der Waals surface area contributed by atoms with E-state index in [-0.39, 0.29) is 5.82 Å². The van der Waals surface area contributed by atoms with E-state index in [1.165, 1.54) is 18.9 Å². The molecule has 4 heteroatoms. The van der Waals surface area contributed by atoms with Gasteiger partial charge in [0.1, 0.15) is 5.82 Å². The van der Waals surface area contributed by atoms with Crippen molar-refractivity contribution in [2.24, 2.45) is 0 Å². The van der Waals surface area contributed by atoms with E-state index in [0.717, 1.165) is 24.6 Å². The Kier molecular flexibility index (Phi) is 4.98. The van der Waals surface area contributed by atoms with Gasteiger partial charge < -0.3 is 10.1 Å². The van der Waals surface area contributed by atoms with E-state index in [0.29, 0.717) is 23.8 Å². The number of hydrogen-bond acceptors (Lipinski definition) is 2. The molecule has 0 radical (unpaired) electrons. The molecule has 1 saturated carbocycles. The highest BCUT2D eigenvalue weighted by atomic mass is 35.5. The van der Waals surface area contributed by atoms with Crippen molar-refractivity contribution in [3.63, 3.8) is 0 Å². The molecule has 100 valence electrons. The summed E-state index contributed by atoms with van der Waals surface area (Å²) in [5, 5.41) is 3.87. The summed E-state index contributed by atoms with van der Waals surface area (Å²) in [6.07, 6.45) is 3.32. The first-order valence-corrected chi connectivity index (χ1v) is 6.80. The maximum atomic E-state index is 13.2. The van der Waals surface area contributed by atoms with Gasteiger partial charge >= 0.3 is 0 Å². The van der Waals surface area contributed by atoms with Crippen molar-refractivity contribution >= 4 is 11.6 Å². The van der Waals surface area contributed by atoms with Gasteiger partial charge in [-0.3, -0.25) is 0 Å². The Morgan fingerprint density at radius 3 is 2.89 bits per heavy atom. The van der Waals surface area contributed by atoms with Gasteiger partial charge in [-0.05, 0) is 43.4 Å². The summed E-state index contributed by atoms with van der Waals surface area (Å²) in [5.41, 5.74) is 1.58. The van der Waals surface area contributed by atoms with Crippen molar-refractivity contribution in [3.05, 3.63) is 34.1 Å². The highest BCUT2D eigenvalue weighted by Gasteiger charge is 2.19. The lowest BCUT2D eigenvalue weighted by Gasteiger charge is -2.08. The molecule has 1 aliphatic carbocycles. The van der Waals surface area contributed by atoms with Gasteiger partial charge in [0.15, 0.2) is 0 Å². The first-order chi connectivity index (χ1) is 8.66. The largest absolute Gasteiger partial charge is 0.380 e. The zero-order valence-corrected chi connectivity index (χ0v) is 11.4. The minimum absolute atomic E-state index is 0.252. The molecule has 0 unspecified atom stereocenters. The van der Waals surface area contributed by atoms with Crippen LogP contribution in [0.15, 0.2) is 12.1 Å². The van der Waals surface area contributed by atoms with Gasteiger partial charge in [-0.25, -0.2) is 4.39 Å². The number of halogens is 2. The third-order valence-corrected chi connectivity index (χ3v) is 3.45. The van der Waals surface area contributed by atoms with Crippen molar-refractivity contribution in [1.82, 2.24) is 5.32 Å². The molecule has 0 saturated heterocycles. The van der Waals surface area contributed by atoms with Gasteiger partial charge in [-0.15, -0.1) is 0 Å². The molecule has 0 bridgehead atoms. The van der Waals surface area contributed by atoms with E-state index in [2.05, 4.69) is 5.32 Å². The maximum absolute atomic E-state index is 13.2. The second-order valence-electron chi connectivity index (χ2n) is 4.78. The molecule has 1 N–H and O–H groups in total. The van der Waals surface area contributed by atoms with E-state index in [1.54, 1.807) is 13.0 Å². The van der Waals surface area contributed by atoms with Crippen LogP contribution in [0.4, 0.5) is 4.39 Å². The molecule has 0 aromatic heterocycles. The molecule has 1 aliphatic rings. The highest BCUT2D eigenvalue weighted by molar-refractivity contribution is 6.31. The standard InChI is InChI=1S/C14H19ClFNO/c1-10-8-11(13(15)9-14(10)16)4-6-18-7-5-17-12-2-3-12/h8-9,12,17H,2-7H2,1H3. The normalized spacial score (nSPS) is 15.1. The molecule has 1 fully saturated rings. The molecule has 2 nitrogen and oxygen atoms in total. The second-order valence-corrected chi connectivity index (χ2v) is 5.19. The highest BCUT2D eigenvalue weighted by Crippen LogP contribution is 2.21. The van der Waals surface area contributed by atoms with Crippen LogP contribution >= 0.6 is 11.6 Å². The van der Waals surface area contributed by atoms with Crippen LogP contribution < -0.4 is 5.32 Å². The Morgan fingerprint density at radius 2 is 2.17 bits per heavy atom. The third kappa shape index (κ3) is 4.23.